The van der Waals surface area contributed by atoms with Crippen molar-refractivity contribution in [1.82, 2.24) is 9.55 Å². The number of aromatic nitrogens is 2. The Bertz CT molecular complexity index is 606. The Morgan fingerprint density at radius 2 is 2.00 bits per heavy atom. The lowest BCUT2D eigenvalue weighted by molar-refractivity contribution is 0.293. The van der Waals surface area contributed by atoms with Crippen molar-refractivity contribution in [1.29, 1.82) is 0 Å². The van der Waals surface area contributed by atoms with Gasteiger partial charge in [0.2, 0.25) is 0 Å². The molecule has 0 radical (unpaired) electrons. The predicted octanol–water partition coefficient (Wildman–Crippen LogP) is 2.58. The molecule has 0 aliphatic carbocycles. The maximum absolute atomic E-state index is 12.0. The lowest BCUT2D eigenvalue weighted by Crippen LogP contribution is -2.27. The van der Waals surface area contributed by atoms with Crippen molar-refractivity contribution in [2.45, 2.75) is 33.2 Å². The van der Waals surface area contributed by atoms with Crippen LogP contribution < -0.4 is 10.3 Å². The summed E-state index contributed by atoms with van der Waals surface area (Å²) in [5.41, 5.74) is 0.774. The zero-order valence-corrected chi connectivity index (χ0v) is 12.0. The molecule has 106 valence electrons. The Kier molecular flexibility index (Phi) is 4.93. The van der Waals surface area contributed by atoms with Gasteiger partial charge in [-0.1, -0.05) is 25.1 Å². The molecule has 1 heterocycles. The van der Waals surface area contributed by atoms with Crippen molar-refractivity contribution in [3.05, 3.63) is 58.3 Å². The number of rotatable bonds is 6. The smallest absolute Gasteiger partial charge is 0.253 e. The highest BCUT2D eigenvalue weighted by Crippen LogP contribution is 2.08. The molecule has 20 heavy (non-hydrogen) atoms. The molecule has 1 aromatic heterocycles. The number of hydrogen-bond acceptors (Lipinski definition) is 3. The highest BCUT2D eigenvalue weighted by atomic mass is 16.5. The molecule has 2 aromatic rings. The van der Waals surface area contributed by atoms with Gasteiger partial charge in [-0.15, -0.1) is 0 Å². The van der Waals surface area contributed by atoms with Gasteiger partial charge in [0.15, 0.2) is 0 Å². The molecule has 0 aliphatic heterocycles. The van der Waals surface area contributed by atoms with Crippen LogP contribution in [0.5, 0.6) is 5.75 Å². The number of hydrogen-bond donors (Lipinski definition) is 0. The van der Waals surface area contributed by atoms with E-state index >= 15 is 0 Å². The molecule has 0 bridgehead atoms. The fraction of sp³-hybridized carbons (Fsp3) is 0.375. The van der Waals surface area contributed by atoms with E-state index in [-0.39, 0.29) is 5.56 Å². The molecule has 0 saturated carbocycles. The minimum Gasteiger partial charge on any atom is -0.492 e. The summed E-state index contributed by atoms with van der Waals surface area (Å²) in [5, 5.41) is 0. The Labute approximate surface area is 119 Å². The first-order valence-corrected chi connectivity index (χ1v) is 6.96. The average Bonchev–Trinajstić information content (AvgIpc) is 2.43. The molecular formula is C16H20N2O2. The summed E-state index contributed by atoms with van der Waals surface area (Å²) in [7, 11) is 0. The summed E-state index contributed by atoms with van der Waals surface area (Å²) in [5.74, 6) is 1.66. The molecule has 0 saturated heterocycles. The molecule has 0 fully saturated rings. The van der Waals surface area contributed by atoms with Gasteiger partial charge in [0.25, 0.3) is 5.56 Å². The van der Waals surface area contributed by atoms with Crippen molar-refractivity contribution in [2.75, 3.05) is 6.61 Å². The summed E-state index contributed by atoms with van der Waals surface area (Å²) in [6.45, 7) is 4.92. The van der Waals surface area contributed by atoms with Crippen LogP contribution in [0, 0.1) is 6.92 Å². The van der Waals surface area contributed by atoms with E-state index in [4.69, 9.17) is 4.74 Å². The van der Waals surface area contributed by atoms with Crippen molar-refractivity contribution in [3.63, 3.8) is 0 Å². The topological polar surface area (TPSA) is 44.1 Å². The number of nitrogens with zero attached hydrogens (tertiary/aromatic N) is 2. The van der Waals surface area contributed by atoms with Crippen LogP contribution in [0.4, 0.5) is 0 Å². The summed E-state index contributed by atoms with van der Waals surface area (Å²) >= 11 is 0. The first-order chi connectivity index (χ1) is 9.70. The van der Waals surface area contributed by atoms with E-state index in [1.54, 1.807) is 10.6 Å². The average molecular weight is 272 g/mol. The van der Waals surface area contributed by atoms with E-state index in [0.717, 1.165) is 30.1 Å². The van der Waals surface area contributed by atoms with E-state index < -0.39 is 0 Å². The second-order valence-electron chi connectivity index (χ2n) is 4.72. The lowest BCUT2D eigenvalue weighted by Gasteiger charge is -2.12. The molecule has 2 rings (SSSR count). The van der Waals surface area contributed by atoms with Gasteiger partial charge in [-0.25, -0.2) is 4.98 Å². The zero-order chi connectivity index (χ0) is 14.4. The van der Waals surface area contributed by atoms with Gasteiger partial charge in [-0.2, -0.15) is 0 Å². The first-order valence-electron chi connectivity index (χ1n) is 6.96. The van der Waals surface area contributed by atoms with Gasteiger partial charge < -0.3 is 4.74 Å². The normalized spacial score (nSPS) is 10.5. The van der Waals surface area contributed by atoms with Crippen LogP contribution in [0.2, 0.25) is 0 Å². The van der Waals surface area contributed by atoms with Gasteiger partial charge in [0.05, 0.1) is 6.54 Å². The fourth-order valence-electron chi connectivity index (χ4n) is 2.11. The van der Waals surface area contributed by atoms with Crippen LogP contribution >= 0.6 is 0 Å². The summed E-state index contributed by atoms with van der Waals surface area (Å²) in [6.07, 6.45) is 1.78. The molecule has 0 amide bonds. The standard InChI is InChI=1S/C16H20N2O2/c1-3-7-15-17-13(2)12-16(19)18(15)10-11-20-14-8-5-4-6-9-14/h4-6,8-9,12H,3,7,10-11H2,1-2H3. The van der Waals surface area contributed by atoms with Gasteiger partial charge >= 0.3 is 0 Å². The van der Waals surface area contributed by atoms with Crippen LogP contribution in [0.1, 0.15) is 24.9 Å². The maximum Gasteiger partial charge on any atom is 0.253 e. The minimum absolute atomic E-state index is 0.00221. The maximum atomic E-state index is 12.0. The van der Waals surface area contributed by atoms with Crippen LogP contribution in [0.15, 0.2) is 41.2 Å². The first kappa shape index (κ1) is 14.3. The SMILES string of the molecule is CCCc1nc(C)cc(=O)n1CCOc1ccccc1. The molecule has 4 heteroatoms. The van der Waals surface area contributed by atoms with Crippen LogP contribution in [0.25, 0.3) is 0 Å². The van der Waals surface area contributed by atoms with Crippen molar-refractivity contribution < 1.29 is 4.74 Å². The minimum atomic E-state index is -0.00221. The zero-order valence-electron chi connectivity index (χ0n) is 12.0. The third-order valence-electron chi connectivity index (χ3n) is 3.02. The highest BCUT2D eigenvalue weighted by Gasteiger charge is 2.06. The van der Waals surface area contributed by atoms with E-state index in [1.165, 1.54) is 0 Å². The second-order valence-corrected chi connectivity index (χ2v) is 4.72. The summed E-state index contributed by atoms with van der Waals surface area (Å²) in [6, 6.07) is 11.2. The Hall–Kier alpha value is -2.10. The van der Waals surface area contributed by atoms with E-state index in [0.29, 0.717) is 13.2 Å². The predicted molar refractivity (Wildman–Crippen MR) is 79.2 cm³/mol. The van der Waals surface area contributed by atoms with Gasteiger partial charge in [0.1, 0.15) is 18.2 Å². The molecule has 0 N–H and O–H groups in total. The molecular weight excluding hydrogens is 252 g/mol. The highest BCUT2D eigenvalue weighted by molar-refractivity contribution is 5.20. The fourth-order valence-corrected chi connectivity index (χ4v) is 2.11. The quantitative estimate of drug-likeness (QED) is 0.812. The molecule has 0 spiro atoms. The van der Waals surface area contributed by atoms with Crippen molar-refractivity contribution >= 4 is 0 Å². The van der Waals surface area contributed by atoms with Gasteiger partial charge in [-0.3, -0.25) is 9.36 Å². The second kappa shape index (κ2) is 6.89. The van der Waals surface area contributed by atoms with Gasteiger partial charge in [-0.05, 0) is 25.5 Å². The number of ether oxygens (including phenoxy) is 1. The number of benzene rings is 1. The van der Waals surface area contributed by atoms with Crippen molar-refractivity contribution in [2.24, 2.45) is 0 Å². The van der Waals surface area contributed by atoms with Crippen LogP contribution in [0.3, 0.4) is 0 Å². The Morgan fingerprint density at radius 3 is 2.70 bits per heavy atom. The molecule has 1 aromatic carbocycles. The molecule has 0 atom stereocenters. The summed E-state index contributed by atoms with van der Waals surface area (Å²) in [4.78, 5) is 16.5. The Morgan fingerprint density at radius 1 is 1.25 bits per heavy atom. The largest absolute Gasteiger partial charge is 0.492 e. The lowest BCUT2D eigenvalue weighted by atomic mass is 10.3. The van der Waals surface area contributed by atoms with Crippen molar-refractivity contribution in [3.8, 4) is 5.75 Å². The number of aryl methyl sites for hydroxylation is 2. The molecule has 0 unspecified atom stereocenters. The number of para-hydroxylation sites is 1. The van der Waals surface area contributed by atoms with Crippen LogP contribution in [-0.2, 0) is 13.0 Å². The monoisotopic (exact) mass is 272 g/mol. The van der Waals surface area contributed by atoms with Crippen LogP contribution in [-0.4, -0.2) is 16.2 Å². The summed E-state index contributed by atoms with van der Waals surface area (Å²) < 4.78 is 7.35. The van der Waals surface area contributed by atoms with E-state index in [1.807, 2.05) is 37.3 Å². The Balaban J connectivity index is 2.07. The molecule has 0 aliphatic rings. The van der Waals surface area contributed by atoms with E-state index in [2.05, 4.69) is 11.9 Å². The van der Waals surface area contributed by atoms with Gasteiger partial charge in [0, 0.05) is 18.2 Å². The molecule has 4 nitrogen and oxygen atoms in total. The third-order valence-corrected chi connectivity index (χ3v) is 3.02. The third kappa shape index (κ3) is 3.70. The van der Waals surface area contributed by atoms with E-state index in [9.17, 15) is 4.79 Å².